The van der Waals surface area contributed by atoms with Gasteiger partial charge in [-0.15, -0.1) is 0 Å². The molecule has 0 heterocycles. The monoisotopic (exact) mass is 635 g/mol. The number of hydrogen-bond acceptors (Lipinski definition) is 5. The summed E-state index contributed by atoms with van der Waals surface area (Å²) in [4.78, 5) is 43.7. The number of nitrogens with one attached hydrogen (secondary N) is 1. The number of halogens is 6. The van der Waals surface area contributed by atoms with Crippen LogP contribution in [-0.2, 0) is 9.59 Å². The van der Waals surface area contributed by atoms with E-state index in [1.807, 2.05) is 13.8 Å². The number of nitrogens with zero attached hydrogens (tertiary/aromatic N) is 2. The van der Waals surface area contributed by atoms with Crippen molar-refractivity contribution < 1.29 is 37.1 Å². The number of ketones is 1. The Hall–Kier alpha value is -2.53. The zero-order valence-electron chi connectivity index (χ0n) is 23.7. The van der Waals surface area contributed by atoms with Crippen LogP contribution in [0.4, 0.5) is 17.6 Å². The van der Waals surface area contributed by atoms with Crippen LogP contribution in [0.5, 0.6) is 0 Å². The average molecular weight is 637 g/mol. The maximum atomic E-state index is 14.4. The molecule has 0 bridgehead atoms. The van der Waals surface area contributed by atoms with Crippen molar-refractivity contribution in [3.63, 3.8) is 0 Å². The van der Waals surface area contributed by atoms with E-state index in [1.165, 1.54) is 6.92 Å². The van der Waals surface area contributed by atoms with Gasteiger partial charge in [-0.1, -0.05) is 37.0 Å². The molecule has 1 aromatic carbocycles. The summed E-state index contributed by atoms with van der Waals surface area (Å²) in [5.74, 6) is -5.84. The highest BCUT2D eigenvalue weighted by atomic mass is 35.5. The second kappa shape index (κ2) is 13.0. The molecule has 0 aliphatic heterocycles. The number of carboxylic acid groups (broad SMARTS) is 1. The SMILES string of the molecule is CC1(C)CCC(N(CC(=O)c2c(Cl)cc(F)cc2Cl)C(=O)C(C=N)C(=NC2CCC(C)(C(=O)O)CC2)C(F)(F)F)CC1. The standard InChI is InChI=1S/C29H35Cl2F4N3O4/c1-27(2)8-6-18(7-9-27)38(15-22(39)23-20(30)12-16(32)13-21(23)31)25(40)19(14-36)24(29(33,34)35)37-17-4-10-28(3,11-5-17)26(41)42/h12-14,17-19,36H,4-11,15H2,1-3H3,(H,41,42). The molecule has 1 unspecified atom stereocenters. The minimum Gasteiger partial charge on any atom is -0.481 e. The van der Waals surface area contributed by atoms with E-state index >= 15 is 0 Å². The van der Waals surface area contributed by atoms with Crippen LogP contribution in [0.15, 0.2) is 17.1 Å². The van der Waals surface area contributed by atoms with Crippen molar-refractivity contribution in [2.45, 2.75) is 90.4 Å². The van der Waals surface area contributed by atoms with E-state index in [9.17, 15) is 37.1 Å². The van der Waals surface area contributed by atoms with Crippen LogP contribution < -0.4 is 0 Å². The van der Waals surface area contributed by atoms with Crippen molar-refractivity contribution in [3.05, 3.63) is 33.6 Å². The van der Waals surface area contributed by atoms with Gasteiger partial charge in [0.25, 0.3) is 0 Å². The van der Waals surface area contributed by atoms with Crippen LogP contribution in [0.3, 0.4) is 0 Å². The van der Waals surface area contributed by atoms with Gasteiger partial charge in [0, 0.05) is 12.3 Å². The maximum absolute atomic E-state index is 14.4. The van der Waals surface area contributed by atoms with Gasteiger partial charge in [0.15, 0.2) is 5.78 Å². The van der Waals surface area contributed by atoms with Crippen molar-refractivity contribution in [2.24, 2.45) is 21.7 Å². The van der Waals surface area contributed by atoms with Crippen LogP contribution >= 0.6 is 23.2 Å². The lowest BCUT2D eigenvalue weighted by atomic mass is 9.74. The molecule has 1 aromatic rings. The molecule has 0 radical (unpaired) electrons. The fourth-order valence-electron chi connectivity index (χ4n) is 5.68. The summed E-state index contributed by atoms with van der Waals surface area (Å²) < 4.78 is 56.9. The van der Waals surface area contributed by atoms with Crippen LogP contribution in [0.25, 0.3) is 0 Å². The normalized spacial score (nSPS) is 24.1. The second-order valence-corrected chi connectivity index (χ2v) is 13.1. The third-order valence-electron chi connectivity index (χ3n) is 8.55. The van der Waals surface area contributed by atoms with Gasteiger partial charge in [0.1, 0.15) is 17.4 Å². The lowest BCUT2D eigenvalue weighted by molar-refractivity contribution is -0.149. The van der Waals surface area contributed by atoms with Crippen molar-refractivity contribution in [1.29, 1.82) is 5.41 Å². The molecule has 2 fully saturated rings. The van der Waals surface area contributed by atoms with Gasteiger partial charge in [-0.3, -0.25) is 19.4 Å². The van der Waals surface area contributed by atoms with Crippen molar-refractivity contribution in [3.8, 4) is 0 Å². The first-order chi connectivity index (χ1) is 19.4. The number of carboxylic acids is 1. The lowest BCUT2D eigenvalue weighted by Crippen LogP contribution is -2.52. The number of rotatable bonds is 9. The number of aliphatic imine (C=N–C) groups is 1. The van der Waals surface area contributed by atoms with Gasteiger partial charge in [-0.25, -0.2) is 4.39 Å². The second-order valence-electron chi connectivity index (χ2n) is 12.3. The Morgan fingerprint density at radius 1 is 1.07 bits per heavy atom. The van der Waals surface area contributed by atoms with E-state index in [4.69, 9.17) is 28.6 Å². The Labute approximate surface area is 252 Å². The van der Waals surface area contributed by atoms with E-state index in [2.05, 4.69) is 4.99 Å². The molecular formula is C29H35Cl2F4N3O4. The maximum Gasteiger partial charge on any atom is 0.430 e. The minimum absolute atomic E-state index is 0.0657. The largest absolute Gasteiger partial charge is 0.481 e. The van der Waals surface area contributed by atoms with Gasteiger partial charge in [0.05, 0.1) is 33.6 Å². The number of Topliss-reactive ketones (excluding diaryl/α,β-unsaturated/α-hetero) is 1. The van der Waals surface area contributed by atoms with Gasteiger partial charge < -0.3 is 15.4 Å². The van der Waals surface area contributed by atoms with Crippen LogP contribution in [0.2, 0.25) is 10.0 Å². The molecule has 1 amide bonds. The molecule has 2 saturated carbocycles. The molecular weight excluding hydrogens is 601 g/mol. The third kappa shape index (κ3) is 7.89. The number of carbonyl (C=O) groups is 3. The summed E-state index contributed by atoms with van der Waals surface area (Å²) in [6.07, 6.45) is -2.20. The first-order valence-corrected chi connectivity index (χ1v) is 14.5. The van der Waals surface area contributed by atoms with E-state index in [1.54, 1.807) is 0 Å². The number of hydrogen-bond donors (Lipinski definition) is 2. The van der Waals surface area contributed by atoms with Crippen molar-refractivity contribution >= 4 is 52.8 Å². The van der Waals surface area contributed by atoms with Gasteiger partial charge in [-0.05, 0) is 75.8 Å². The molecule has 2 aliphatic rings. The highest BCUT2D eigenvalue weighted by Gasteiger charge is 2.47. The van der Waals surface area contributed by atoms with Crippen LogP contribution in [0.1, 0.15) is 82.5 Å². The fourth-order valence-corrected chi connectivity index (χ4v) is 6.35. The fraction of sp³-hybridized carbons (Fsp3) is 0.621. The smallest absolute Gasteiger partial charge is 0.430 e. The molecule has 42 heavy (non-hydrogen) atoms. The van der Waals surface area contributed by atoms with E-state index in [0.717, 1.165) is 17.0 Å². The predicted octanol–water partition coefficient (Wildman–Crippen LogP) is 7.42. The number of alkyl halides is 3. The number of aliphatic carboxylic acids is 1. The number of benzene rings is 1. The molecule has 7 nitrogen and oxygen atoms in total. The summed E-state index contributed by atoms with van der Waals surface area (Å²) in [5, 5.41) is 16.7. The molecule has 232 valence electrons. The van der Waals surface area contributed by atoms with Gasteiger partial charge >= 0.3 is 12.1 Å². The molecule has 2 aliphatic carbocycles. The lowest BCUT2D eigenvalue weighted by Gasteiger charge is -2.41. The first-order valence-electron chi connectivity index (χ1n) is 13.8. The van der Waals surface area contributed by atoms with Gasteiger partial charge in [-0.2, -0.15) is 13.2 Å². The molecule has 2 N–H and O–H groups in total. The molecule has 0 saturated heterocycles. The van der Waals surface area contributed by atoms with E-state index in [0.29, 0.717) is 31.9 Å². The zero-order chi connectivity index (χ0) is 31.6. The Kier molecular flexibility index (Phi) is 10.5. The van der Waals surface area contributed by atoms with Crippen molar-refractivity contribution in [2.75, 3.05) is 6.54 Å². The molecule has 0 spiro atoms. The summed E-state index contributed by atoms with van der Waals surface area (Å²) >= 11 is 12.1. The summed E-state index contributed by atoms with van der Waals surface area (Å²) in [6.45, 7) is 4.93. The highest BCUT2D eigenvalue weighted by Crippen LogP contribution is 2.40. The Morgan fingerprint density at radius 3 is 2.05 bits per heavy atom. The average Bonchev–Trinajstić information content (AvgIpc) is 2.87. The Morgan fingerprint density at radius 2 is 1.60 bits per heavy atom. The first kappa shape index (κ1) is 34.0. The molecule has 3 rings (SSSR count). The van der Waals surface area contributed by atoms with Crippen LogP contribution in [-0.4, -0.2) is 64.4 Å². The zero-order valence-corrected chi connectivity index (χ0v) is 25.2. The van der Waals surface area contributed by atoms with E-state index in [-0.39, 0.29) is 46.7 Å². The van der Waals surface area contributed by atoms with Gasteiger partial charge in [0.2, 0.25) is 5.91 Å². The third-order valence-corrected chi connectivity index (χ3v) is 9.14. The molecule has 13 heteroatoms. The predicted molar refractivity (Wildman–Crippen MR) is 152 cm³/mol. The Bertz CT molecular complexity index is 1230. The minimum atomic E-state index is -5.07. The topological polar surface area (TPSA) is 111 Å². The summed E-state index contributed by atoms with van der Waals surface area (Å²) in [7, 11) is 0. The quantitative estimate of drug-likeness (QED) is 0.167. The summed E-state index contributed by atoms with van der Waals surface area (Å²) in [5.41, 5.74) is -2.86. The molecule has 0 aromatic heterocycles. The van der Waals surface area contributed by atoms with Crippen LogP contribution in [0, 0.1) is 28.0 Å². The number of carbonyl (C=O) groups excluding carboxylic acids is 2. The van der Waals surface area contributed by atoms with E-state index < -0.39 is 65.3 Å². The number of amides is 1. The Balaban J connectivity index is 1.98. The summed E-state index contributed by atoms with van der Waals surface area (Å²) in [6, 6.07) is 0.274. The van der Waals surface area contributed by atoms with Crippen molar-refractivity contribution in [1.82, 2.24) is 4.90 Å². The highest BCUT2D eigenvalue weighted by molar-refractivity contribution is 6.40. The molecule has 1 atom stereocenters.